The second-order valence-corrected chi connectivity index (χ2v) is 7.55. The lowest BCUT2D eigenvalue weighted by molar-refractivity contribution is -0.120. The van der Waals surface area contributed by atoms with Crippen LogP contribution in [0, 0.1) is 5.82 Å². The molecule has 2 amide bonds. The molecular weight excluding hydrogens is 369 g/mol. The third-order valence-corrected chi connectivity index (χ3v) is 5.42. The zero-order chi connectivity index (χ0) is 20.6. The summed E-state index contributed by atoms with van der Waals surface area (Å²) < 4.78 is 12.9. The smallest absolute Gasteiger partial charge is 0.251 e. The highest BCUT2D eigenvalue weighted by molar-refractivity contribution is 5.96. The molecule has 154 valence electrons. The van der Waals surface area contributed by atoms with Crippen LogP contribution in [0.5, 0.6) is 0 Å². The highest BCUT2D eigenvalue weighted by Crippen LogP contribution is 2.20. The number of nitrogens with zero attached hydrogens (tertiary/aromatic N) is 1. The van der Waals surface area contributed by atoms with Crippen LogP contribution in [0.2, 0.25) is 0 Å². The molecule has 1 aliphatic rings. The first-order valence-corrected chi connectivity index (χ1v) is 10.1. The number of amides is 2. The Kier molecular flexibility index (Phi) is 7.36. The number of nitrogens with one attached hydrogen (secondary N) is 2. The predicted octanol–water partition coefficient (Wildman–Crippen LogP) is 3.25. The summed E-state index contributed by atoms with van der Waals surface area (Å²) in [5.74, 6) is -1.07. The lowest BCUT2D eigenvalue weighted by atomic mass is 10.0. The van der Waals surface area contributed by atoms with Gasteiger partial charge in [-0.25, -0.2) is 4.39 Å². The summed E-state index contributed by atoms with van der Waals surface area (Å²) in [4.78, 5) is 26.7. The average molecular weight is 397 g/mol. The third kappa shape index (κ3) is 6.12. The SMILES string of the molecule is CC1CCCCN1Cc1ccccc1CNC(=O)CNC(=O)c1ccc(F)cc1. The summed E-state index contributed by atoms with van der Waals surface area (Å²) in [7, 11) is 0. The van der Waals surface area contributed by atoms with E-state index in [4.69, 9.17) is 0 Å². The number of halogens is 1. The van der Waals surface area contributed by atoms with Gasteiger partial charge in [0.15, 0.2) is 0 Å². The number of piperidine rings is 1. The summed E-state index contributed by atoms with van der Waals surface area (Å²) in [6.45, 7) is 4.56. The van der Waals surface area contributed by atoms with Gasteiger partial charge in [0.05, 0.1) is 6.54 Å². The Balaban J connectivity index is 1.49. The molecule has 1 unspecified atom stereocenters. The van der Waals surface area contributed by atoms with Gasteiger partial charge in [0, 0.05) is 24.7 Å². The maximum atomic E-state index is 12.9. The van der Waals surface area contributed by atoms with Crippen LogP contribution >= 0.6 is 0 Å². The van der Waals surface area contributed by atoms with E-state index in [1.807, 2.05) is 18.2 Å². The Hall–Kier alpha value is -2.73. The summed E-state index contributed by atoms with van der Waals surface area (Å²) in [5, 5.41) is 5.43. The maximum absolute atomic E-state index is 12.9. The van der Waals surface area contributed by atoms with E-state index in [-0.39, 0.29) is 12.5 Å². The molecule has 1 atom stereocenters. The fourth-order valence-corrected chi connectivity index (χ4v) is 3.62. The first-order valence-electron chi connectivity index (χ1n) is 10.1. The standard InChI is InChI=1S/C23H28FN3O2/c1-17-6-4-5-13-27(17)16-20-8-3-2-7-19(20)14-25-22(28)15-26-23(29)18-9-11-21(24)12-10-18/h2-3,7-12,17H,4-6,13-16H2,1H3,(H,25,28)(H,26,29). The summed E-state index contributed by atoms with van der Waals surface area (Å²) in [5.41, 5.74) is 2.63. The Morgan fingerprint density at radius 2 is 1.76 bits per heavy atom. The number of carbonyl (C=O) groups excluding carboxylic acids is 2. The molecule has 0 bridgehead atoms. The van der Waals surface area contributed by atoms with Gasteiger partial charge in [-0.3, -0.25) is 14.5 Å². The second-order valence-electron chi connectivity index (χ2n) is 7.55. The van der Waals surface area contributed by atoms with Gasteiger partial charge in [0.1, 0.15) is 5.82 Å². The molecule has 2 aromatic carbocycles. The third-order valence-electron chi connectivity index (χ3n) is 5.42. The minimum Gasteiger partial charge on any atom is -0.350 e. The molecule has 0 aromatic heterocycles. The largest absolute Gasteiger partial charge is 0.350 e. The highest BCUT2D eigenvalue weighted by Gasteiger charge is 2.19. The first kappa shape index (κ1) is 21.0. The first-order chi connectivity index (χ1) is 14.0. The van der Waals surface area contributed by atoms with Gasteiger partial charge in [0.2, 0.25) is 5.91 Å². The van der Waals surface area contributed by atoms with Crippen LogP contribution in [0.15, 0.2) is 48.5 Å². The topological polar surface area (TPSA) is 61.4 Å². The van der Waals surface area contributed by atoms with Crippen molar-refractivity contribution >= 4 is 11.8 Å². The summed E-state index contributed by atoms with van der Waals surface area (Å²) in [6, 6.07) is 13.9. The fraction of sp³-hybridized carbons (Fsp3) is 0.391. The molecule has 29 heavy (non-hydrogen) atoms. The molecule has 0 spiro atoms. The second kappa shape index (κ2) is 10.2. The van der Waals surface area contributed by atoms with Crippen molar-refractivity contribution < 1.29 is 14.0 Å². The van der Waals surface area contributed by atoms with Gasteiger partial charge < -0.3 is 10.6 Å². The van der Waals surface area contributed by atoms with Crippen LogP contribution in [0.4, 0.5) is 4.39 Å². The van der Waals surface area contributed by atoms with Crippen LogP contribution in [0.1, 0.15) is 47.7 Å². The molecule has 1 heterocycles. The van der Waals surface area contributed by atoms with E-state index < -0.39 is 11.7 Å². The Bertz CT molecular complexity index is 838. The van der Waals surface area contributed by atoms with Crippen molar-refractivity contribution in [2.24, 2.45) is 0 Å². The minimum atomic E-state index is -0.406. The van der Waals surface area contributed by atoms with Crippen LogP contribution in [0.25, 0.3) is 0 Å². The number of carbonyl (C=O) groups is 2. The Labute approximate surface area is 171 Å². The quantitative estimate of drug-likeness (QED) is 0.754. The number of hydrogen-bond donors (Lipinski definition) is 2. The number of benzene rings is 2. The molecule has 2 N–H and O–H groups in total. The number of rotatable bonds is 7. The van der Waals surface area contributed by atoms with Crippen molar-refractivity contribution in [3.63, 3.8) is 0 Å². The van der Waals surface area contributed by atoms with Gasteiger partial charge >= 0.3 is 0 Å². The minimum absolute atomic E-state index is 0.123. The summed E-state index contributed by atoms with van der Waals surface area (Å²) in [6.07, 6.45) is 3.75. The van der Waals surface area contributed by atoms with Crippen molar-refractivity contribution in [3.05, 3.63) is 71.0 Å². The monoisotopic (exact) mass is 397 g/mol. The van der Waals surface area contributed by atoms with Gasteiger partial charge in [-0.05, 0) is 61.7 Å². The van der Waals surface area contributed by atoms with Crippen LogP contribution in [0.3, 0.4) is 0 Å². The number of likely N-dealkylation sites (tertiary alicyclic amines) is 1. The van der Waals surface area contributed by atoms with Gasteiger partial charge in [-0.2, -0.15) is 0 Å². The molecule has 0 saturated carbocycles. The van der Waals surface area contributed by atoms with Gasteiger partial charge in [-0.1, -0.05) is 30.7 Å². The highest BCUT2D eigenvalue weighted by atomic mass is 19.1. The fourth-order valence-electron chi connectivity index (χ4n) is 3.62. The molecule has 2 aromatic rings. The van der Waals surface area contributed by atoms with E-state index >= 15 is 0 Å². The van der Waals surface area contributed by atoms with Crippen molar-refractivity contribution in [3.8, 4) is 0 Å². The lowest BCUT2D eigenvalue weighted by Gasteiger charge is -2.33. The molecule has 1 saturated heterocycles. The molecule has 1 aliphatic heterocycles. The van der Waals surface area contributed by atoms with E-state index in [2.05, 4.69) is 28.5 Å². The lowest BCUT2D eigenvalue weighted by Crippen LogP contribution is -2.38. The Morgan fingerprint density at radius 3 is 2.48 bits per heavy atom. The van der Waals surface area contributed by atoms with Gasteiger partial charge in [-0.15, -0.1) is 0 Å². The van der Waals surface area contributed by atoms with E-state index in [1.165, 1.54) is 49.1 Å². The molecule has 1 fully saturated rings. The predicted molar refractivity (Wildman–Crippen MR) is 111 cm³/mol. The van der Waals surface area contributed by atoms with Crippen molar-refractivity contribution in [1.29, 1.82) is 0 Å². The molecule has 6 heteroatoms. The molecule has 0 aliphatic carbocycles. The molecule has 3 rings (SSSR count). The van der Waals surface area contributed by atoms with Crippen LogP contribution < -0.4 is 10.6 Å². The van der Waals surface area contributed by atoms with Crippen LogP contribution in [-0.4, -0.2) is 35.8 Å². The van der Waals surface area contributed by atoms with E-state index in [1.54, 1.807) is 0 Å². The van der Waals surface area contributed by atoms with Crippen LogP contribution in [-0.2, 0) is 17.9 Å². The molecule has 5 nitrogen and oxygen atoms in total. The summed E-state index contributed by atoms with van der Waals surface area (Å²) >= 11 is 0. The molecule has 0 radical (unpaired) electrons. The maximum Gasteiger partial charge on any atom is 0.251 e. The zero-order valence-electron chi connectivity index (χ0n) is 16.8. The van der Waals surface area contributed by atoms with Gasteiger partial charge in [0.25, 0.3) is 5.91 Å². The van der Waals surface area contributed by atoms with E-state index in [0.717, 1.165) is 18.7 Å². The molecular formula is C23H28FN3O2. The normalized spacial score (nSPS) is 17.0. The van der Waals surface area contributed by atoms with Crippen molar-refractivity contribution in [2.45, 2.75) is 45.3 Å². The van der Waals surface area contributed by atoms with Crippen molar-refractivity contribution in [2.75, 3.05) is 13.1 Å². The number of hydrogen-bond acceptors (Lipinski definition) is 3. The Morgan fingerprint density at radius 1 is 1.03 bits per heavy atom. The average Bonchev–Trinajstić information content (AvgIpc) is 2.73. The van der Waals surface area contributed by atoms with Crippen molar-refractivity contribution in [1.82, 2.24) is 15.5 Å². The zero-order valence-corrected chi connectivity index (χ0v) is 16.8. The van der Waals surface area contributed by atoms with E-state index in [0.29, 0.717) is 18.2 Å². The van der Waals surface area contributed by atoms with E-state index in [9.17, 15) is 14.0 Å².